The van der Waals surface area contributed by atoms with E-state index in [-0.39, 0.29) is 22.3 Å². The Morgan fingerprint density at radius 1 is 0.969 bits per heavy atom. The topological polar surface area (TPSA) is 125 Å². The second-order valence-corrected chi connectivity index (χ2v) is 10.3. The smallest absolute Gasteiger partial charge is 0.270 e. The summed E-state index contributed by atoms with van der Waals surface area (Å²) < 4.78 is 30.6. The van der Waals surface area contributed by atoms with E-state index in [0.717, 1.165) is 16.7 Å². The van der Waals surface area contributed by atoms with Crippen LogP contribution < -0.4 is 5.73 Å². The average Bonchev–Trinajstić information content (AvgIpc) is 3.23. The van der Waals surface area contributed by atoms with Crippen molar-refractivity contribution in [3.05, 3.63) is 59.8 Å². The average molecular weight is 450 g/mol. The van der Waals surface area contributed by atoms with E-state index in [1.165, 1.54) is 6.20 Å². The summed E-state index contributed by atoms with van der Waals surface area (Å²) in [4.78, 5) is 9.02. The van der Waals surface area contributed by atoms with Crippen molar-refractivity contribution >= 4 is 15.7 Å². The summed E-state index contributed by atoms with van der Waals surface area (Å²) in [6.07, 6.45) is 1.52. The molecule has 0 spiro atoms. The Hall–Kier alpha value is -3.59. The van der Waals surface area contributed by atoms with Gasteiger partial charge in [0.25, 0.3) is 5.89 Å². The number of nitrogen functional groups attached to an aromatic ring is 1. The van der Waals surface area contributed by atoms with E-state index < -0.39 is 15.1 Å². The molecule has 2 N–H and O–H groups in total. The quantitative estimate of drug-likeness (QED) is 0.479. The highest BCUT2D eigenvalue weighted by Crippen LogP contribution is 2.30. The van der Waals surface area contributed by atoms with E-state index in [1.54, 1.807) is 38.1 Å². The van der Waals surface area contributed by atoms with Gasteiger partial charge in [0.1, 0.15) is 0 Å². The number of nitrogens with zero attached hydrogens (tertiary/aromatic N) is 4. The highest BCUT2D eigenvalue weighted by molar-refractivity contribution is 7.92. The molecule has 32 heavy (non-hydrogen) atoms. The molecule has 0 saturated heterocycles. The maximum Gasteiger partial charge on any atom is 0.270 e. The Kier molecular flexibility index (Phi) is 5.52. The van der Waals surface area contributed by atoms with Crippen LogP contribution in [0.25, 0.3) is 34.3 Å². The molecule has 0 aliphatic rings. The van der Waals surface area contributed by atoms with Crippen LogP contribution in [-0.4, -0.2) is 33.8 Å². The van der Waals surface area contributed by atoms with Gasteiger partial charge in [-0.1, -0.05) is 29.8 Å². The molecular weight excluding hydrogens is 426 g/mol. The minimum atomic E-state index is -3.35. The van der Waals surface area contributed by atoms with Crippen molar-refractivity contribution in [3.8, 4) is 34.3 Å². The fraction of sp³-hybridized carbons (Fsp3) is 0.217. The zero-order valence-corrected chi connectivity index (χ0v) is 19.0. The molecule has 0 atom stereocenters. The number of anilines is 1. The fourth-order valence-corrected chi connectivity index (χ4v) is 4.32. The van der Waals surface area contributed by atoms with Gasteiger partial charge in [0.15, 0.2) is 21.3 Å². The predicted molar refractivity (Wildman–Crippen MR) is 122 cm³/mol. The second kappa shape index (κ2) is 8.16. The van der Waals surface area contributed by atoms with Crippen molar-refractivity contribution in [1.82, 2.24) is 20.2 Å². The number of benzene rings is 2. The van der Waals surface area contributed by atoms with Gasteiger partial charge in [-0.25, -0.2) is 18.4 Å². The van der Waals surface area contributed by atoms with Crippen LogP contribution in [0.3, 0.4) is 0 Å². The third kappa shape index (κ3) is 3.99. The monoisotopic (exact) mass is 449 g/mol. The van der Waals surface area contributed by atoms with Gasteiger partial charge in [-0.3, -0.25) is 0 Å². The van der Waals surface area contributed by atoms with Crippen molar-refractivity contribution < 1.29 is 12.8 Å². The van der Waals surface area contributed by atoms with Crippen molar-refractivity contribution in [2.24, 2.45) is 0 Å². The molecule has 2 aromatic carbocycles. The lowest BCUT2D eigenvalue weighted by Crippen LogP contribution is -2.13. The van der Waals surface area contributed by atoms with E-state index in [1.807, 2.05) is 32.0 Å². The molecule has 0 aliphatic carbocycles. The zero-order chi connectivity index (χ0) is 23.0. The predicted octanol–water partition coefficient (Wildman–Crippen LogP) is 4.24. The minimum Gasteiger partial charge on any atom is -0.414 e. The molecule has 2 heterocycles. The molecule has 4 aromatic rings. The van der Waals surface area contributed by atoms with Crippen LogP contribution >= 0.6 is 0 Å². The van der Waals surface area contributed by atoms with Crippen LogP contribution in [0.1, 0.15) is 25.0 Å². The van der Waals surface area contributed by atoms with Crippen LogP contribution in [0.5, 0.6) is 0 Å². The molecule has 2 aromatic heterocycles. The van der Waals surface area contributed by atoms with Gasteiger partial charge in [0.2, 0.25) is 5.89 Å². The van der Waals surface area contributed by atoms with Crippen LogP contribution in [0.2, 0.25) is 0 Å². The van der Waals surface area contributed by atoms with Gasteiger partial charge >= 0.3 is 0 Å². The zero-order valence-electron chi connectivity index (χ0n) is 18.2. The first-order chi connectivity index (χ1) is 15.2. The fourth-order valence-electron chi connectivity index (χ4n) is 3.26. The largest absolute Gasteiger partial charge is 0.414 e. The number of aromatic nitrogens is 4. The van der Waals surface area contributed by atoms with Crippen molar-refractivity contribution in [1.29, 1.82) is 0 Å². The van der Waals surface area contributed by atoms with Gasteiger partial charge in [0, 0.05) is 11.1 Å². The van der Waals surface area contributed by atoms with Crippen LogP contribution in [0.15, 0.2) is 58.0 Å². The molecule has 0 bridgehead atoms. The van der Waals surface area contributed by atoms with E-state index in [2.05, 4.69) is 20.2 Å². The van der Waals surface area contributed by atoms with Crippen molar-refractivity contribution in [2.45, 2.75) is 37.8 Å². The Morgan fingerprint density at radius 2 is 1.66 bits per heavy atom. The third-order valence-electron chi connectivity index (χ3n) is 5.14. The number of hydrogen-bond donors (Lipinski definition) is 1. The first-order valence-corrected chi connectivity index (χ1v) is 11.6. The number of hydrogen-bond acceptors (Lipinski definition) is 8. The van der Waals surface area contributed by atoms with Gasteiger partial charge in [-0.2, -0.15) is 0 Å². The molecule has 8 nitrogen and oxygen atoms in total. The lowest BCUT2D eigenvalue weighted by atomic mass is 10.1. The van der Waals surface area contributed by atoms with Gasteiger partial charge < -0.3 is 10.2 Å². The Morgan fingerprint density at radius 3 is 2.31 bits per heavy atom. The summed E-state index contributed by atoms with van der Waals surface area (Å²) in [5.74, 6) is 0.682. The maximum atomic E-state index is 12.4. The molecule has 0 radical (unpaired) electrons. The number of sulfone groups is 1. The van der Waals surface area contributed by atoms with Crippen molar-refractivity contribution in [3.63, 3.8) is 0 Å². The maximum absolute atomic E-state index is 12.4. The van der Waals surface area contributed by atoms with Gasteiger partial charge in [0.05, 0.1) is 22.0 Å². The highest BCUT2D eigenvalue weighted by Gasteiger charge is 2.20. The molecule has 0 unspecified atom stereocenters. The highest BCUT2D eigenvalue weighted by atomic mass is 32.2. The standard InChI is InChI=1S/C23H23N5O3S/c1-13(2)32(29,30)17-8-6-16(7-9-17)19-12-25-21(24)20(26-19)23-28-27-22(31-23)18-10-5-14(3)11-15(18)4/h5-13H,1-4H3,(H2,24,25). The van der Waals surface area contributed by atoms with Crippen molar-refractivity contribution in [2.75, 3.05) is 5.73 Å². The first kappa shape index (κ1) is 21.6. The molecule has 0 amide bonds. The molecule has 164 valence electrons. The molecule has 4 rings (SSSR count). The molecule has 0 saturated carbocycles. The van der Waals surface area contributed by atoms with Gasteiger partial charge in [-0.15, -0.1) is 10.2 Å². The van der Waals surface area contributed by atoms with E-state index in [0.29, 0.717) is 17.1 Å². The molecular formula is C23H23N5O3S. The Balaban J connectivity index is 1.69. The summed E-state index contributed by atoms with van der Waals surface area (Å²) in [5, 5.41) is 7.75. The number of aryl methyl sites for hydroxylation is 2. The van der Waals surface area contributed by atoms with Crippen LogP contribution in [0.4, 0.5) is 5.82 Å². The van der Waals surface area contributed by atoms with Gasteiger partial charge in [-0.05, 0) is 51.5 Å². The summed E-state index contributed by atoms with van der Waals surface area (Å²) in [6, 6.07) is 12.4. The minimum absolute atomic E-state index is 0.156. The molecule has 0 fully saturated rings. The van der Waals surface area contributed by atoms with E-state index in [9.17, 15) is 8.42 Å². The SMILES string of the molecule is Cc1ccc(-c2nnc(-c3nc(-c4ccc(S(=O)(=O)C(C)C)cc4)cnc3N)o2)c(C)c1. The second-order valence-electron chi connectivity index (χ2n) is 7.84. The lowest BCUT2D eigenvalue weighted by molar-refractivity contribution is 0.581. The number of nitrogens with two attached hydrogens (primary N) is 1. The molecule has 0 aliphatic heterocycles. The normalized spacial score (nSPS) is 11.8. The summed E-state index contributed by atoms with van der Waals surface area (Å²) in [7, 11) is -3.35. The lowest BCUT2D eigenvalue weighted by Gasteiger charge is -2.09. The van der Waals surface area contributed by atoms with E-state index in [4.69, 9.17) is 10.2 Å². The van der Waals surface area contributed by atoms with E-state index >= 15 is 0 Å². The number of rotatable bonds is 5. The summed E-state index contributed by atoms with van der Waals surface area (Å²) in [6.45, 7) is 7.29. The summed E-state index contributed by atoms with van der Waals surface area (Å²) in [5.41, 5.74) is 10.5. The Labute approximate surface area is 186 Å². The third-order valence-corrected chi connectivity index (χ3v) is 7.31. The summed E-state index contributed by atoms with van der Waals surface area (Å²) >= 11 is 0. The first-order valence-electron chi connectivity index (χ1n) is 10.0. The molecule has 9 heteroatoms. The Bertz CT molecular complexity index is 1390. The van der Waals surface area contributed by atoms with Crippen LogP contribution in [0, 0.1) is 13.8 Å². The van der Waals surface area contributed by atoms with Crippen LogP contribution in [-0.2, 0) is 9.84 Å².